The van der Waals surface area contributed by atoms with E-state index < -0.39 is 0 Å². The zero-order chi connectivity index (χ0) is 7.98. The molecule has 0 aromatic rings. The van der Waals surface area contributed by atoms with Crippen molar-refractivity contribution < 1.29 is 4.79 Å². The number of rotatable bonds is 2. The molecule has 0 aromatic heterocycles. The summed E-state index contributed by atoms with van der Waals surface area (Å²) in [5.74, 6) is 0. The number of aliphatic imine (C=N–C) groups is 1. The Hall–Kier alpha value is -1.12. The molecular formula is C7H12N2O. The number of carbonyl (C=O) groups is 1. The van der Waals surface area contributed by atoms with E-state index in [1.807, 2.05) is 0 Å². The molecule has 0 aliphatic heterocycles. The quantitative estimate of drug-likeness (QED) is 0.420. The Balaban J connectivity index is 3.81. The molecule has 56 valence electrons. The Morgan fingerprint density at radius 2 is 2.40 bits per heavy atom. The molecular weight excluding hydrogens is 128 g/mol. The number of hydrogen-bond donors (Lipinski definition) is 0. The van der Waals surface area contributed by atoms with Crippen molar-refractivity contribution in [1.29, 1.82) is 0 Å². The first-order chi connectivity index (χ1) is 4.72. The van der Waals surface area contributed by atoms with E-state index in [1.54, 1.807) is 20.0 Å². The molecule has 0 rings (SSSR count). The minimum Gasteiger partial charge on any atom is -0.322 e. The van der Waals surface area contributed by atoms with E-state index in [0.717, 1.165) is 0 Å². The lowest BCUT2D eigenvalue weighted by Gasteiger charge is -2.09. The van der Waals surface area contributed by atoms with Gasteiger partial charge < -0.3 is 4.90 Å². The summed E-state index contributed by atoms with van der Waals surface area (Å²) < 4.78 is 0. The summed E-state index contributed by atoms with van der Waals surface area (Å²) >= 11 is 0. The van der Waals surface area contributed by atoms with E-state index in [-0.39, 0.29) is 6.03 Å². The van der Waals surface area contributed by atoms with Gasteiger partial charge in [-0.2, -0.15) is 0 Å². The van der Waals surface area contributed by atoms with E-state index in [9.17, 15) is 4.79 Å². The Kier molecular flexibility index (Phi) is 4.20. The number of amides is 2. The summed E-state index contributed by atoms with van der Waals surface area (Å²) in [6, 6.07) is -0.234. The van der Waals surface area contributed by atoms with Crippen molar-refractivity contribution in [3.63, 3.8) is 0 Å². The minimum absolute atomic E-state index is 0.234. The van der Waals surface area contributed by atoms with E-state index >= 15 is 0 Å². The van der Waals surface area contributed by atoms with Gasteiger partial charge in [0, 0.05) is 19.8 Å². The molecule has 0 fully saturated rings. The molecule has 0 saturated carbocycles. The highest BCUT2D eigenvalue weighted by Crippen LogP contribution is 1.87. The summed E-state index contributed by atoms with van der Waals surface area (Å²) in [7, 11) is 1.68. The van der Waals surface area contributed by atoms with E-state index in [4.69, 9.17) is 0 Å². The minimum atomic E-state index is -0.234. The van der Waals surface area contributed by atoms with Crippen LogP contribution < -0.4 is 0 Å². The van der Waals surface area contributed by atoms with Crippen LogP contribution in [0.25, 0.3) is 0 Å². The molecule has 0 saturated heterocycles. The van der Waals surface area contributed by atoms with Gasteiger partial charge in [0.1, 0.15) is 0 Å². The fraction of sp³-hybridized carbons (Fsp3) is 0.429. The van der Waals surface area contributed by atoms with Crippen molar-refractivity contribution in [3.8, 4) is 0 Å². The van der Waals surface area contributed by atoms with E-state index in [0.29, 0.717) is 6.54 Å². The monoisotopic (exact) mass is 140 g/mol. The zero-order valence-electron chi connectivity index (χ0n) is 6.37. The molecule has 0 N–H and O–H groups in total. The number of hydrogen-bond acceptors (Lipinski definition) is 1. The summed E-state index contributed by atoms with van der Waals surface area (Å²) in [5.41, 5.74) is 0. The number of likely N-dealkylation sites (N-methyl/N-ethyl adjacent to an activating group) is 1. The highest BCUT2D eigenvalue weighted by molar-refractivity contribution is 5.82. The van der Waals surface area contributed by atoms with Gasteiger partial charge in [0.2, 0.25) is 0 Å². The average molecular weight is 140 g/mol. The summed E-state index contributed by atoms with van der Waals surface area (Å²) in [4.78, 5) is 15.8. The summed E-state index contributed by atoms with van der Waals surface area (Å²) in [5, 5.41) is 0. The van der Waals surface area contributed by atoms with Crippen LogP contribution in [0.15, 0.2) is 17.6 Å². The van der Waals surface area contributed by atoms with Gasteiger partial charge in [0.25, 0.3) is 0 Å². The van der Waals surface area contributed by atoms with Crippen LogP contribution in [-0.4, -0.2) is 30.7 Å². The van der Waals surface area contributed by atoms with Gasteiger partial charge in [0.15, 0.2) is 0 Å². The molecule has 0 aliphatic rings. The second-order valence-electron chi connectivity index (χ2n) is 1.84. The lowest BCUT2D eigenvalue weighted by atomic mass is 10.6. The lowest BCUT2D eigenvalue weighted by molar-refractivity contribution is 0.223. The highest BCUT2D eigenvalue weighted by Gasteiger charge is 2.00. The molecule has 0 aromatic carbocycles. The predicted octanol–water partition coefficient (Wildman–Crippen LogP) is 1.31. The van der Waals surface area contributed by atoms with Crippen molar-refractivity contribution in [1.82, 2.24) is 4.90 Å². The van der Waals surface area contributed by atoms with Gasteiger partial charge >= 0.3 is 6.03 Å². The van der Waals surface area contributed by atoms with Crippen molar-refractivity contribution in [3.05, 3.63) is 12.7 Å². The fourth-order valence-corrected chi connectivity index (χ4v) is 0.481. The maximum atomic E-state index is 10.8. The van der Waals surface area contributed by atoms with Crippen molar-refractivity contribution in [2.24, 2.45) is 4.99 Å². The predicted molar refractivity (Wildman–Crippen MR) is 42.4 cm³/mol. The molecule has 10 heavy (non-hydrogen) atoms. The van der Waals surface area contributed by atoms with Crippen LogP contribution in [-0.2, 0) is 0 Å². The lowest BCUT2D eigenvalue weighted by Crippen LogP contribution is -2.23. The second kappa shape index (κ2) is 4.73. The van der Waals surface area contributed by atoms with Crippen LogP contribution in [0, 0.1) is 0 Å². The van der Waals surface area contributed by atoms with Crippen LogP contribution in [0.5, 0.6) is 0 Å². The van der Waals surface area contributed by atoms with Gasteiger partial charge in [-0.1, -0.05) is 6.08 Å². The van der Waals surface area contributed by atoms with E-state index in [1.165, 1.54) is 11.1 Å². The molecule has 0 radical (unpaired) electrons. The smallest absolute Gasteiger partial charge is 0.322 e. The number of urea groups is 1. The van der Waals surface area contributed by atoms with Gasteiger partial charge in [-0.3, -0.25) is 0 Å². The highest BCUT2D eigenvalue weighted by atomic mass is 16.2. The van der Waals surface area contributed by atoms with Crippen LogP contribution in [0.1, 0.15) is 6.92 Å². The summed E-state index contributed by atoms with van der Waals surface area (Å²) in [6.07, 6.45) is 3.13. The van der Waals surface area contributed by atoms with Crippen LogP contribution in [0.3, 0.4) is 0 Å². The third-order valence-corrected chi connectivity index (χ3v) is 0.969. The Labute approximate surface area is 61.1 Å². The Morgan fingerprint density at radius 3 is 2.80 bits per heavy atom. The van der Waals surface area contributed by atoms with Gasteiger partial charge in [0.05, 0.1) is 0 Å². The molecule has 0 heterocycles. The third kappa shape index (κ3) is 3.02. The zero-order valence-corrected chi connectivity index (χ0v) is 6.37. The normalized spacial score (nSPS) is 9.80. The van der Waals surface area contributed by atoms with Crippen LogP contribution >= 0.6 is 0 Å². The molecule has 0 aliphatic carbocycles. The number of nitrogens with zero attached hydrogens (tertiary/aromatic N) is 2. The maximum absolute atomic E-state index is 10.8. The molecule has 2 amide bonds. The topological polar surface area (TPSA) is 32.7 Å². The molecule has 0 bridgehead atoms. The Bertz CT molecular complexity index is 152. The van der Waals surface area contributed by atoms with Crippen LogP contribution in [0.4, 0.5) is 4.79 Å². The molecule has 3 heteroatoms. The number of carbonyl (C=O) groups excluding carboxylic acids is 1. The average Bonchev–Trinajstić information content (AvgIpc) is 1.89. The van der Waals surface area contributed by atoms with Gasteiger partial charge in [-0.25, -0.2) is 9.79 Å². The van der Waals surface area contributed by atoms with Crippen molar-refractivity contribution in [2.45, 2.75) is 6.92 Å². The van der Waals surface area contributed by atoms with Crippen LogP contribution in [0.2, 0.25) is 0 Å². The summed E-state index contributed by atoms with van der Waals surface area (Å²) in [6.45, 7) is 5.74. The molecule has 3 nitrogen and oxygen atoms in total. The standard InChI is InChI=1S/C7H12N2O/c1-4-6-9(3)7(10)8-5-2/h4-5H,1,6H2,2-3H3/b8-5+. The molecule has 0 atom stereocenters. The first kappa shape index (κ1) is 8.88. The first-order valence-corrected chi connectivity index (χ1v) is 3.07. The third-order valence-electron chi connectivity index (χ3n) is 0.969. The van der Waals surface area contributed by atoms with Gasteiger partial charge in [-0.15, -0.1) is 6.58 Å². The largest absolute Gasteiger partial charge is 0.343 e. The molecule has 0 unspecified atom stereocenters. The second-order valence-corrected chi connectivity index (χ2v) is 1.84. The first-order valence-electron chi connectivity index (χ1n) is 3.07. The Morgan fingerprint density at radius 1 is 1.80 bits per heavy atom. The maximum Gasteiger partial charge on any atom is 0.343 e. The molecule has 0 spiro atoms. The van der Waals surface area contributed by atoms with Crippen molar-refractivity contribution in [2.75, 3.05) is 13.6 Å². The SMILES string of the molecule is C=CCN(C)C(=O)/N=C/C. The van der Waals surface area contributed by atoms with Crippen molar-refractivity contribution >= 4 is 12.2 Å². The fourth-order valence-electron chi connectivity index (χ4n) is 0.481. The van der Waals surface area contributed by atoms with E-state index in [2.05, 4.69) is 11.6 Å². The van der Waals surface area contributed by atoms with Gasteiger partial charge in [-0.05, 0) is 6.92 Å².